The van der Waals surface area contributed by atoms with E-state index >= 15 is 0 Å². The van der Waals surface area contributed by atoms with Crippen LogP contribution in [0.3, 0.4) is 0 Å². The number of nitrogens with zero attached hydrogens (tertiary/aromatic N) is 1. The molecule has 0 aromatic heterocycles. The van der Waals surface area contributed by atoms with Crippen LogP contribution in [0.5, 0.6) is 0 Å². The third-order valence-electron chi connectivity index (χ3n) is 2.61. The zero-order valence-electron chi connectivity index (χ0n) is 8.64. The summed E-state index contributed by atoms with van der Waals surface area (Å²) in [5.74, 6) is 0. The summed E-state index contributed by atoms with van der Waals surface area (Å²) in [7, 11) is 0. The predicted molar refractivity (Wildman–Crippen MR) is 64.1 cm³/mol. The first-order valence-corrected chi connectivity index (χ1v) is 5.50. The monoisotopic (exact) mass is 237 g/mol. The SMILES string of the molecule is O=C(O)N(c1cccc(Cl)c1)C1C=CCC1. The average Bonchev–Trinajstić information content (AvgIpc) is 2.71. The fraction of sp³-hybridized carbons (Fsp3) is 0.250. The lowest BCUT2D eigenvalue weighted by atomic mass is 10.2. The molecule has 0 spiro atoms. The third kappa shape index (κ3) is 2.19. The van der Waals surface area contributed by atoms with E-state index in [4.69, 9.17) is 11.6 Å². The number of benzene rings is 1. The van der Waals surface area contributed by atoms with Crippen molar-refractivity contribution in [3.63, 3.8) is 0 Å². The molecule has 1 N–H and O–H groups in total. The van der Waals surface area contributed by atoms with Gasteiger partial charge in [0.2, 0.25) is 0 Å². The van der Waals surface area contributed by atoms with Crippen molar-refractivity contribution >= 4 is 23.4 Å². The number of carboxylic acid groups (broad SMARTS) is 1. The summed E-state index contributed by atoms with van der Waals surface area (Å²) in [4.78, 5) is 12.6. The Morgan fingerprint density at radius 2 is 2.31 bits per heavy atom. The Kier molecular flexibility index (Phi) is 3.15. The van der Waals surface area contributed by atoms with Crippen molar-refractivity contribution in [2.45, 2.75) is 18.9 Å². The lowest BCUT2D eigenvalue weighted by molar-refractivity contribution is 0.200. The number of allylic oxidation sites excluding steroid dienone is 1. The normalized spacial score (nSPS) is 18.7. The fourth-order valence-corrected chi connectivity index (χ4v) is 2.09. The topological polar surface area (TPSA) is 40.5 Å². The van der Waals surface area contributed by atoms with Crippen LogP contribution in [-0.4, -0.2) is 17.2 Å². The second-order valence-corrected chi connectivity index (χ2v) is 4.14. The van der Waals surface area contributed by atoms with Gasteiger partial charge in [0.15, 0.2) is 0 Å². The van der Waals surface area contributed by atoms with Crippen molar-refractivity contribution in [1.29, 1.82) is 0 Å². The van der Waals surface area contributed by atoms with Gasteiger partial charge in [-0.15, -0.1) is 0 Å². The molecule has 1 amide bonds. The Hall–Kier alpha value is -1.48. The van der Waals surface area contributed by atoms with Crippen LogP contribution in [0.25, 0.3) is 0 Å². The molecule has 1 aliphatic carbocycles. The summed E-state index contributed by atoms with van der Waals surface area (Å²) < 4.78 is 0. The van der Waals surface area contributed by atoms with Crippen molar-refractivity contribution < 1.29 is 9.90 Å². The number of hydrogen-bond donors (Lipinski definition) is 1. The van der Waals surface area contributed by atoms with Gasteiger partial charge in [-0.1, -0.05) is 29.8 Å². The second-order valence-electron chi connectivity index (χ2n) is 3.71. The highest BCUT2D eigenvalue weighted by Gasteiger charge is 2.24. The van der Waals surface area contributed by atoms with E-state index in [-0.39, 0.29) is 6.04 Å². The lowest BCUT2D eigenvalue weighted by Gasteiger charge is -2.25. The highest BCUT2D eigenvalue weighted by Crippen LogP contribution is 2.26. The molecule has 3 nitrogen and oxygen atoms in total. The lowest BCUT2D eigenvalue weighted by Crippen LogP contribution is -2.37. The van der Waals surface area contributed by atoms with Crippen LogP contribution in [0.15, 0.2) is 36.4 Å². The predicted octanol–water partition coefficient (Wildman–Crippen LogP) is 3.54. The maximum absolute atomic E-state index is 11.2. The number of amides is 1. The molecular formula is C12H12ClNO2. The van der Waals surface area contributed by atoms with Gasteiger partial charge in [0.1, 0.15) is 0 Å². The molecule has 1 aromatic rings. The summed E-state index contributed by atoms with van der Waals surface area (Å²) in [5, 5.41) is 9.77. The molecule has 0 saturated heterocycles. The van der Waals surface area contributed by atoms with E-state index in [0.29, 0.717) is 10.7 Å². The maximum Gasteiger partial charge on any atom is 0.412 e. The van der Waals surface area contributed by atoms with Crippen molar-refractivity contribution in [2.75, 3.05) is 4.90 Å². The van der Waals surface area contributed by atoms with Crippen LogP contribution in [0.4, 0.5) is 10.5 Å². The van der Waals surface area contributed by atoms with Crippen LogP contribution in [0.1, 0.15) is 12.8 Å². The molecule has 0 saturated carbocycles. The van der Waals surface area contributed by atoms with Gasteiger partial charge in [-0.05, 0) is 31.0 Å². The maximum atomic E-state index is 11.2. The number of anilines is 1. The second kappa shape index (κ2) is 4.58. The molecule has 1 aromatic carbocycles. The third-order valence-corrected chi connectivity index (χ3v) is 2.85. The highest BCUT2D eigenvalue weighted by atomic mass is 35.5. The fourth-order valence-electron chi connectivity index (χ4n) is 1.90. The Morgan fingerprint density at radius 1 is 1.50 bits per heavy atom. The van der Waals surface area contributed by atoms with E-state index in [1.807, 2.05) is 12.2 Å². The largest absolute Gasteiger partial charge is 0.465 e. The van der Waals surface area contributed by atoms with Gasteiger partial charge in [0, 0.05) is 10.7 Å². The minimum Gasteiger partial charge on any atom is -0.465 e. The number of carbonyl (C=O) groups is 1. The molecule has 16 heavy (non-hydrogen) atoms. The Morgan fingerprint density at radius 3 is 2.88 bits per heavy atom. The van der Waals surface area contributed by atoms with Crippen molar-refractivity contribution in [3.8, 4) is 0 Å². The standard InChI is InChI=1S/C12H12ClNO2/c13-9-4-3-7-11(8-9)14(12(15)16)10-5-1-2-6-10/h1,3-5,7-8,10H,2,6H2,(H,15,16). The van der Waals surface area contributed by atoms with Crippen LogP contribution in [0.2, 0.25) is 5.02 Å². The summed E-state index contributed by atoms with van der Waals surface area (Å²) in [6, 6.07) is 6.84. The zero-order valence-corrected chi connectivity index (χ0v) is 9.39. The summed E-state index contributed by atoms with van der Waals surface area (Å²) in [6.07, 6.45) is 4.74. The van der Waals surface area contributed by atoms with Gasteiger partial charge >= 0.3 is 6.09 Å². The van der Waals surface area contributed by atoms with E-state index < -0.39 is 6.09 Å². The summed E-state index contributed by atoms with van der Waals surface area (Å²) in [5.41, 5.74) is 0.622. The van der Waals surface area contributed by atoms with E-state index in [1.54, 1.807) is 24.3 Å². The Labute approximate surface area is 98.9 Å². The molecule has 0 fully saturated rings. The van der Waals surface area contributed by atoms with Crippen molar-refractivity contribution in [3.05, 3.63) is 41.4 Å². The smallest absolute Gasteiger partial charge is 0.412 e. The van der Waals surface area contributed by atoms with E-state index in [9.17, 15) is 9.90 Å². The molecule has 4 heteroatoms. The molecule has 1 aliphatic rings. The average molecular weight is 238 g/mol. The molecule has 1 unspecified atom stereocenters. The first kappa shape index (κ1) is 11.0. The van der Waals surface area contributed by atoms with Crippen LogP contribution in [-0.2, 0) is 0 Å². The minimum absolute atomic E-state index is 0.0732. The molecule has 84 valence electrons. The van der Waals surface area contributed by atoms with Crippen molar-refractivity contribution in [1.82, 2.24) is 0 Å². The molecular weight excluding hydrogens is 226 g/mol. The molecule has 0 aliphatic heterocycles. The van der Waals surface area contributed by atoms with Gasteiger partial charge in [-0.2, -0.15) is 0 Å². The quantitative estimate of drug-likeness (QED) is 0.800. The van der Waals surface area contributed by atoms with Gasteiger partial charge in [0.05, 0.1) is 6.04 Å². The molecule has 0 heterocycles. The van der Waals surface area contributed by atoms with E-state index in [1.165, 1.54) is 4.90 Å². The first-order chi connectivity index (χ1) is 7.68. The molecule has 1 atom stereocenters. The van der Waals surface area contributed by atoms with Gasteiger partial charge in [0.25, 0.3) is 0 Å². The van der Waals surface area contributed by atoms with E-state index in [0.717, 1.165) is 12.8 Å². The Bertz CT molecular complexity index is 431. The van der Waals surface area contributed by atoms with Crippen LogP contribution < -0.4 is 4.90 Å². The zero-order chi connectivity index (χ0) is 11.5. The summed E-state index contributed by atoms with van der Waals surface area (Å²) in [6.45, 7) is 0. The number of rotatable bonds is 2. The molecule has 2 rings (SSSR count). The van der Waals surface area contributed by atoms with Crippen LogP contribution >= 0.6 is 11.6 Å². The number of hydrogen-bond acceptors (Lipinski definition) is 1. The highest BCUT2D eigenvalue weighted by molar-refractivity contribution is 6.30. The molecule has 0 radical (unpaired) electrons. The van der Waals surface area contributed by atoms with Gasteiger partial charge < -0.3 is 5.11 Å². The Balaban J connectivity index is 2.32. The molecule has 0 bridgehead atoms. The number of halogens is 1. The minimum atomic E-state index is -0.946. The van der Waals surface area contributed by atoms with Crippen LogP contribution in [0, 0.1) is 0 Å². The van der Waals surface area contributed by atoms with Gasteiger partial charge in [-0.25, -0.2) is 4.79 Å². The van der Waals surface area contributed by atoms with Gasteiger partial charge in [-0.3, -0.25) is 4.90 Å². The summed E-state index contributed by atoms with van der Waals surface area (Å²) >= 11 is 5.86. The van der Waals surface area contributed by atoms with E-state index in [2.05, 4.69) is 0 Å². The first-order valence-electron chi connectivity index (χ1n) is 5.13. The van der Waals surface area contributed by atoms with Crippen molar-refractivity contribution in [2.24, 2.45) is 0 Å².